The van der Waals surface area contributed by atoms with E-state index in [0.29, 0.717) is 5.69 Å². The molecule has 0 radical (unpaired) electrons. The van der Waals surface area contributed by atoms with E-state index in [1.54, 1.807) is 12.1 Å². The molecule has 0 aliphatic heterocycles. The molecule has 2 aromatic carbocycles. The van der Waals surface area contributed by atoms with Gasteiger partial charge in [0.15, 0.2) is 11.6 Å². The summed E-state index contributed by atoms with van der Waals surface area (Å²) in [5, 5.41) is 4.82. The minimum Gasteiger partial charge on any atom is -0.465 e. The number of anilines is 2. The average Bonchev–Trinajstić information content (AvgIpc) is 2.50. The Bertz CT molecular complexity index is 720. The second kappa shape index (κ2) is 6.66. The van der Waals surface area contributed by atoms with Gasteiger partial charge in [0.1, 0.15) is 0 Å². The van der Waals surface area contributed by atoms with Crippen LogP contribution in [0.4, 0.5) is 25.0 Å². The quantitative estimate of drug-likeness (QED) is 0.854. The van der Waals surface area contributed by atoms with Gasteiger partial charge in [0.05, 0.1) is 12.7 Å². The lowest BCUT2D eigenvalue weighted by molar-refractivity contribution is 0.0600. The maximum atomic E-state index is 13.0. The number of amides is 2. The number of urea groups is 1. The van der Waals surface area contributed by atoms with Crippen LogP contribution in [0, 0.1) is 11.6 Å². The van der Waals surface area contributed by atoms with Gasteiger partial charge in [-0.3, -0.25) is 0 Å². The second-order valence-electron chi connectivity index (χ2n) is 4.28. The molecule has 22 heavy (non-hydrogen) atoms. The van der Waals surface area contributed by atoms with Gasteiger partial charge < -0.3 is 15.4 Å². The Kier molecular flexibility index (Phi) is 4.67. The fourth-order valence-corrected chi connectivity index (χ4v) is 1.71. The zero-order valence-corrected chi connectivity index (χ0v) is 11.5. The summed E-state index contributed by atoms with van der Waals surface area (Å²) in [6, 6.07) is 8.43. The Morgan fingerprint density at radius 3 is 2.27 bits per heavy atom. The number of carbonyl (C=O) groups is 2. The third-order valence-electron chi connectivity index (χ3n) is 2.72. The SMILES string of the molecule is COC(=O)c1cccc(NC(=O)Nc2ccc(F)c(F)c2)c1. The molecule has 0 heterocycles. The monoisotopic (exact) mass is 306 g/mol. The van der Waals surface area contributed by atoms with Crippen LogP contribution in [0.25, 0.3) is 0 Å². The molecule has 7 heteroatoms. The summed E-state index contributed by atoms with van der Waals surface area (Å²) in [6.45, 7) is 0. The fourth-order valence-electron chi connectivity index (χ4n) is 1.71. The van der Waals surface area contributed by atoms with Crippen molar-refractivity contribution in [1.82, 2.24) is 0 Å². The van der Waals surface area contributed by atoms with Gasteiger partial charge in [-0.15, -0.1) is 0 Å². The first-order valence-electron chi connectivity index (χ1n) is 6.21. The number of hydrogen-bond acceptors (Lipinski definition) is 3. The molecule has 0 aliphatic rings. The molecule has 2 amide bonds. The molecule has 0 atom stereocenters. The molecule has 2 aromatic rings. The molecule has 0 aromatic heterocycles. The van der Waals surface area contributed by atoms with Crippen LogP contribution in [0.3, 0.4) is 0 Å². The van der Waals surface area contributed by atoms with Crippen molar-refractivity contribution in [1.29, 1.82) is 0 Å². The smallest absolute Gasteiger partial charge is 0.337 e. The summed E-state index contributed by atoms with van der Waals surface area (Å²) in [4.78, 5) is 23.2. The topological polar surface area (TPSA) is 67.4 Å². The fraction of sp³-hybridized carbons (Fsp3) is 0.0667. The highest BCUT2D eigenvalue weighted by Crippen LogP contribution is 2.15. The van der Waals surface area contributed by atoms with Crippen molar-refractivity contribution >= 4 is 23.4 Å². The Balaban J connectivity index is 2.05. The van der Waals surface area contributed by atoms with Crippen molar-refractivity contribution in [3.63, 3.8) is 0 Å². The molecule has 0 saturated carbocycles. The van der Waals surface area contributed by atoms with E-state index >= 15 is 0 Å². The van der Waals surface area contributed by atoms with Crippen LogP contribution in [0.1, 0.15) is 10.4 Å². The van der Waals surface area contributed by atoms with Gasteiger partial charge in [-0.1, -0.05) is 6.07 Å². The van der Waals surface area contributed by atoms with Gasteiger partial charge in [-0.2, -0.15) is 0 Å². The first-order chi connectivity index (χ1) is 10.5. The Hall–Kier alpha value is -2.96. The molecule has 0 aliphatic carbocycles. The second-order valence-corrected chi connectivity index (χ2v) is 4.28. The Labute approximate surface area is 124 Å². The molecule has 0 fully saturated rings. The third-order valence-corrected chi connectivity index (χ3v) is 2.72. The van der Waals surface area contributed by atoms with Crippen LogP contribution >= 0.6 is 0 Å². The number of ether oxygens (including phenoxy) is 1. The Morgan fingerprint density at radius 1 is 0.955 bits per heavy atom. The van der Waals surface area contributed by atoms with E-state index in [2.05, 4.69) is 15.4 Å². The van der Waals surface area contributed by atoms with Crippen molar-refractivity contribution < 1.29 is 23.1 Å². The summed E-state index contributed by atoms with van der Waals surface area (Å²) in [5.74, 6) is -2.60. The number of methoxy groups -OCH3 is 1. The molecule has 0 spiro atoms. The predicted octanol–water partition coefficient (Wildman–Crippen LogP) is 3.40. The standard InChI is InChI=1S/C15H12F2N2O3/c1-22-14(20)9-3-2-4-10(7-9)18-15(21)19-11-5-6-12(16)13(17)8-11/h2-8H,1H3,(H2,18,19,21). The first-order valence-corrected chi connectivity index (χ1v) is 6.21. The number of esters is 1. The van der Waals surface area contributed by atoms with Crippen LogP contribution in [0.2, 0.25) is 0 Å². The summed E-state index contributed by atoms with van der Waals surface area (Å²) in [5.41, 5.74) is 0.719. The van der Waals surface area contributed by atoms with E-state index in [1.807, 2.05) is 0 Å². The van der Waals surface area contributed by atoms with E-state index in [-0.39, 0.29) is 11.3 Å². The highest BCUT2D eigenvalue weighted by molar-refractivity contribution is 6.00. The van der Waals surface area contributed by atoms with Gasteiger partial charge in [0.25, 0.3) is 0 Å². The van der Waals surface area contributed by atoms with Gasteiger partial charge in [0.2, 0.25) is 0 Å². The van der Waals surface area contributed by atoms with Crippen LogP contribution < -0.4 is 10.6 Å². The lowest BCUT2D eigenvalue weighted by Crippen LogP contribution is -2.19. The lowest BCUT2D eigenvalue weighted by atomic mass is 10.2. The largest absolute Gasteiger partial charge is 0.465 e. The summed E-state index contributed by atoms with van der Waals surface area (Å²) < 4.78 is 30.4. The normalized spacial score (nSPS) is 9.95. The molecule has 0 saturated heterocycles. The summed E-state index contributed by atoms with van der Waals surface area (Å²) in [7, 11) is 1.25. The zero-order chi connectivity index (χ0) is 16.1. The van der Waals surface area contributed by atoms with Gasteiger partial charge in [-0.25, -0.2) is 18.4 Å². The predicted molar refractivity (Wildman–Crippen MR) is 76.8 cm³/mol. The number of halogens is 2. The van der Waals surface area contributed by atoms with Crippen molar-refractivity contribution in [2.24, 2.45) is 0 Å². The number of rotatable bonds is 3. The lowest BCUT2D eigenvalue weighted by Gasteiger charge is -2.09. The van der Waals surface area contributed by atoms with Crippen molar-refractivity contribution in [2.75, 3.05) is 17.7 Å². The molecule has 5 nitrogen and oxygen atoms in total. The van der Waals surface area contributed by atoms with E-state index in [4.69, 9.17) is 0 Å². The van der Waals surface area contributed by atoms with E-state index in [0.717, 1.165) is 12.1 Å². The number of benzene rings is 2. The van der Waals surface area contributed by atoms with Crippen molar-refractivity contribution in [3.8, 4) is 0 Å². The van der Waals surface area contributed by atoms with Crippen LogP contribution in [-0.4, -0.2) is 19.1 Å². The number of nitrogens with one attached hydrogen (secondary N) is 2. The van der Waals surface area contributed by atoms with Crippen LogP contribution in [-0.2, 0) is 4.74 Å². The molecule has 0 unspecified atom stereocenters. The molecular weight excluding hydrogens is 294 g/mol. The third kappa shape index (κ3) is 3.78. The summed E-state index contributed by atoms with van der Waals surface area (Å²) in [6.07, 6.45) is 0. The maximum Gasteiger partial charge on any atom is 0.337 e. The molecule has 2 rings (SSSR count). The van der Waals surface area contributed by atoms with Crippen molar-refractivity contribution in [3.05, 3.63) is 59.7 Å². The van der Waals surface area contributed by atoms with E-state index in [1.165, 1.54) is 25.3 Å². The molecule has 114 valence electrons. The highest BCUT2D eigenvalue weighted by Gasteiger charge is 2.09. The summed E-state index contributed by atoms with van der Waals surface area (Å²) >= 11 is 0. The van der Waals surface area contributed by atoms with E-state index < -0.39 is 23.6 Å². The zero-order valence-electron chi connectivity index (χ0n) is 11.5. The van der Waals surface area contributed by atoms with Crippen LogP contribution in [0.15, 0.2) is 42.5 Å². The molecule has 2 N–H and O–H groups in total. The minimum absolute atomic E-state index is 0.0977. The average molecular weight is 306 g/mol. The molecule has 0 bridgehead atoms. The van der Waals surface area contributed by atoms with Crippen LogP contribution in [0.5, 0.6) is 0 Å². The van der Waals surface area contributed by atoms with Gasteiger partial charge in [-0.05, 0) is 30.3 Å². The highest BCUT2D eigenvalue weighted by atomic mass is 19.2. The minimum atomic E-state index is -1.06. The molecular formula is C15H12F2N2O3. The van der Waals surface area contributed by atoms with Gasteiger partial charge in [0, 0.05) is 17.4 Å². The Morgan fingerprint density at radius 2 is 1.64 bits per heavy atom. The van der Waals surface area contributed by atoms with E-state index in [9.17, 15) is 18.4 Å². The first kappa shape index (κ1) is 15.4. The number of hydrogen-bond donors (Lipinski definition) is 2. The van der Waals surface area contributed by atoms with Gasteiger partial charge >= 0.3 is 12.0 Å². The maximum absolute atomic E-state index is 13.0. The number of carbonyl (C=O) groups excluding carboxylic acids is 2. The van der Waals surface area contributed by atoms with Crippen molar-refractivity contribution in [2.45, 2.75) is 0 Å².